The van der Waals surface area contributed by atoms with Crippen molar-refractivity contribution in [1.29, 1.82) is 0 Å². The number of H-pyrrole nitrogens is 1. The number of aromatic amines is 1. The highest BCUT2D eigenvalue weighted by Crippen LogP contribution is 2.26. The van der Waals surface area contributed by atoms with Crippen molar-refractivity contribution in [2.24, 2.45) is 0 Å². The number of hydrogen-bond donors (Lipinski definition) is 2. The Balaban J connectivity index is 1.71. The molecule has 2 N–H and O–H groups in total. The van der Waals surface area contributed by atoms with Gasteiger partial charge in [-0.05, 0) is 38.3 Å². The number of hydrogen-bond acceptors (Lipinski definition) is 4. The fourth-order valence-electron chi connectivity index (χ4n) is 3.22. The molecule has 0 unspecified atom stereocenters. The number of carbonyl (C=O) groups is 2. The highest BCUT2D eigenvalue weighted by atomic mass is 16.6. The molecular weight excluding hydrogens is 334 g/mol. The fourth-order valence-corrected chi connectivity index (χ4v) is 3.22. The van der Waals surface area contributed by atoms with Crippen LogP contribution < -0.4 is 0 Å². The van der Waals surface area contributed by atoms with Crippen molar-refractivity contribution in [1.82, 2.24) is 14.8 Å². The van der Waals surface area contributed by atoms with Gasteiger partial charge in [0.05, 0.1) is 0 Å². The van der Waals surface area contributed by atoms with Crippen molar-refractivity contribution < 1.29 is 19.4 Å². The van der Waals surface area contributed by atoms with Crippen LogP contribution in [0.2, 0.25) is 0 Å². The first-order valence-electron chi connectivity index (χ1n) is 8.77. The number of amides is 1. The number of carbonyl (C=O) groups excluding carboxylic acids is 1. The van der Waals surface area contributed by atoms with Crippen LogP contribution in [0.15, 0.2) is 30.3 Å². The zero-order valence-corrected chi connectivity index (χ0v) is 15.4. The van der Waals surface area contributed by atoms with Gasteiger partial charge in [-0.15, -0.1) is 0 Å². The van der Waals surface area contributed by atoms with E-state index in [9.17, 15) is 14.7 Å². The van der Waals surface area contributed by atoms with Crippen LogP contribution in [0, 0.1) is 0 Å². The van der Waals surface area contributed by atoms with Gasteiger partial charge in [0.15, 0.2) is 0 Å². The molecule has 1 amide bonds. The second-order valence-electron chi connectivity index (χ2n) is 7.56. The Labute approximate surface area is 152 Å². The SMILES string of the molecule is CC(C)(C)OC(=O)N1CCN([C@H](C(=O)O)c2cc3ccccc3[nH]2)CC1. The smallest absolute Gasteiger partial charge is 0.410 e. The summed E-state index contributed by atoms with van der Waals surface area (Å²) in [6.45, 7) is 7.33. The second kappa shape index (κ2) is 6.99. The first-order valence-corrected chi connectivity index (χ1v) is 8.77. The lowest BCUT2D eigenvalue weighted by Crippen LogP contribution is -2.52. The maximum absolute atomic E-state index is 12.2. The molecule has 1 aromatic carbocycles. The van der Waals surface area contributed by atoms with Crippen LogP contribution in [0.25, 0.3) is 10.9 Å². The summed E-state index contributed by atoms with van der Waals surface area (Å²) in [5.74, 6) is -0.901. The third-order valence-corrected chi connectivity index (χ3v) is 4.41. The van der Waals surface area contributed by atoms with Crippen molar-refractivity contribution in [2.45, 2.75) is 32.4 Å². The summed E-state index contributed by atoms with van der Waals surface area (Å²) in [5.41, 5.74) is 1.04. The molecule has 1 aromatic heterocycles. The molecule has 0 spiro atoms. The van der Waals surface area contributed by atoms with Gasteiger partial charge in [0.1, 0.15) is 11.6 Å². The average Bonchev–Trinajstić information content (AvgIpc) is 2.97. The van der Waals surface area contributed by atoms with Crippen molar-refractivity contribution in [3.05, 3.63) is 36.0 Å². The Morgan fingerprint density at radius 3 is 2.38 bits per heavy atom. The molecule has 0 saturated carbocycles. The van der Waals surface area contributed by atoms with Crippen LogP contribution in [0.5, 0.6) is 0 Å². The van der Waals surface area contributed by atoms with Gasteiger partial charge in [0.2, 0.25) is 0 Å². The Bertz CT molecular complexity index is 767. The van der Waals surface area contributed by atoms with Gasteiger partial charge >= 0.3 is 12.1 Å². The quantitative estimate of drug-likeness (QED) is 0.880. The molecule has 26 heavy (non-hydrogen) atoms. The highest BCUT2D eigenvalue weighted by Gasteiger charge is 2.33. The number of fused-ring (bicyclic) bond motifs is 1. The standard InChI is InChI=1S/C19H25N3O4/c1-19(2,3)26-18(25)22-10-8-21(9-11-22)16(17(23)24)15-12-13-6-4-5-7-14(13)20-15/h4-7,12,16,20H,8-11H2,1-3H3,(H,23,24)/t16-/m0/s1. The molecule has 0 radical (unpaired) electrons. The third-order valence-electron chi connectivity index (χ3n) is 4.41. The number of nitrogens with one attached hydrogen (secondary N) is 1. The van der Waals surface area contributed by atoms with Crippen LogP contribution >= 0.6 is 0 Å². The van der Waals surface area contributed by atoms with Gasteiger partial charge in [-0.1, -0.05) is 18.2 Å². The Morgan fingerprint density at radius 2 is 1.81 bits per heavy atom. The Kier molecular flexibility index (Phi) is 4.91. The van der Waals surface area contributed by atoms with Crippen LogP contribution in [0.1, 0.15) is 32.5 Å². The predicted molar refractivity (Wildman–Crippen MR) is 98.1 cm³/mol. The summed E-state index contributed by atoms with van der Waals surface area (Å²) in [4.78, 5) is 30.8. The summed E-state index contributed by atoms with van der Waals surface area (Å²) < 4.78 is 5.39. The van der Waals surface area contributed by atoms with Gasteiger partial charge in [-0.25, -0.2) is 4.79 Å². The molecular formula is C19H25N3O4. The highest BCUT2D eigenvalue weighted by molar-refractivity contribution is 5.83. The minimum Gasteiger partial charge on any atom is -0.480 e. The van der Waals surface area contributed by atoms with E-state index in [1.165, 1.54) is 0 Å². The minimum atomic E-state index is -0.901. The van der Waals surface area contributed by atoms with Crippen LogP contribution in [-0.4, -0.2) is 63.7 Å². The number of rotatable bonds is 3. The van der Waals surface area contributed by atoms with E-state index in [4.69, 9.17) is 4.74 Å². The van der Waals surface area contributed by atoms with Crippen molar-refractivity contribution in [2.75, 3.05) is 26.2 Å². The number of para-hydroxylation sites is 1. The number of aromatic nitrogens is 1. The van der Waals surface area contributed by atoms with E-state index < -0.39 is 17.6 Å². The maximum atomic E-state index is 12.2. The molecule has 7 heteroatoms. The molecule has 1 fully saturated rings. The Morgan fingerprint density at radius 1 is 1.15 bits per heavy atom. The van der Waals surface area contributed by atoms with Crippen molar-refractivity contribution in [3.8, 4) is 0 Å². The lowest BCUT2D eigenvalue weighted by atomic mass is 10.1. The van der Waals surface area contributed by atoms with Gasteiger partial charge in [-0.2, -0.15) is 0 Å². The number of carboxylic acid groups (broad SMARTS) is 1. The second-order valence-corrected chi connectivity index (χ2v) is 7.56. The Hall–Kier alpha value is -2.54. The fraction of sp³-hybridized carbons (Fsp3) is 0.474. The molecule has 7 nitrogen and oxygen atoms in total. The number of piperazine rings is 1. The molecule has 140 valence electrons. The van der Waals surface area contributed by atoms with Gasteiger partial charge in [-0.3, -0.25) is 9.69 Å². The average molecular weight is 359 g/mol. The number of carboxylic acids is 1. The summed E-state index contributed by atoms with van der Waals surface area (Å²) in [7, 11) is 0. The van der Waals surface area contributed by atoms with E-state index in [1.54, 1.807) is 4.90 Å². The third kappa shape index (κ3) is 3.99. The van der Waals surface area contributed by atoms with E-state index in [-0.39, 0.29) is 6.09 Å². The zero-order chi connectivity index (χ0) is 18.9. The van der Waals surface area contributed by atoms with E-state index in [1.807, 2.05) is 56.0 Å². The maximum Gasteiger partial charge on any atom is 0.410 e. The summed E-state index contributed by atoms with van der Waals surface area (Å²) >= 11 is 0. The molecule has 0 aliphatic carbocycles. The van der Waals surface area contributed by atoms with Gasteiger partial charge < -0.3 is 19.7 Å². The van der Waals surface area contributed by atoms with E-state index in [0.29, 0.717) is 31.9 Å². The van der Waals surface area contributed by atoms with Crippen LogP contribution in [-0.2, 0) is 9.53 Å². The molecule has 1 aliphatic rings. The lowest BCUT2D eigenvalue weighted by molar-refractivity contribution is -0.144. The van der Waals surface area contributed by atoms with E-state index >= 15 is 0 Å². The number of nitrogens with zero attached hydrogens (tertiary/aromatic N) is 2. The van der Waals surface area contributed by atoms with E-state index in [0.717, 1.165) is 10.9 Å². The van der Waals surface area contributed by atoms with E-state index in [2.05, 4.69) is 4.98 Å². The molecule has 3 rings (SSSR count). The van der Waals surface area contributed by atoms with Crippen molar-refractivity contribution in [3.63, 3.8) is 0 Å². The first kappa shape index (κ1) is 18.3. The lowest BCUT2D eigenvalue weighted by Gasteiger charge is -2.37. The molecule has 2 aromatic rings. The monoisotopic (exact) mass is 359 g/mol. The summed E-state index contributed by atoms with van der Waals surface area (Å²) in [6.07, 6.45) is -0.352. The number of ether oxygens (including phenoxy) is 1. The van der Waals surface area contributed by atoms with Gasteiger partial charge in [0.25, 0.3) is 0 Å². The molecule has 2 heterocycles. The van der Waals surface area contributed by atoms with Crippen molar-refractivity contribution >= 4 is 23.0 Å². The normalized spacial score (nSPS) is 17.3. The molecule has 1 atom stereocenters. The number of benzene rings is 1. The number of aliphatic carboxylic acids is 1. The van der Waals surface area contributed by atoms with Crippen LogP contribution in [0.4, 0.5) is 4.79 Å². The minimum absolute atomic E-state index is 0.352. The molecule has 0 bridgehead atoms. The predicted octanol–water partition coefficient (Wildman–Crippen LogP) is 2.85. The first-order chi connectivity index (χ1) is 12.2. The van der Waals surface area contributed by atoms with Gasteiger partial charge in [0, 0.05) is 37.4 Å². The topological polar surface area (TPSA) is 85.9 Å². The molecule has 1 saturated heterocycles. The molecule has 1 aliphatic heterocycles. The zero-order valence-electron chi connectivity index (χ0n) is 15.4. The summed E-state index contributed by atoms with van der Waals surface area (Å²) in [5, 5.41) is 10.8. The van der Waals surface area contributed by atoms with Crippen LogP contribution in [0.3, 0.4) is 0 Å². The largest absolute Gasteiger partial charge is 0.480 e. The summed E-state index contributed by atoms with van der Waals surface area (Å²) in [6, 6.07) is 8.84.